The average Bonchev–Trinajstić information content (AvgIpc) is 2.56. The molecule has 2 saturated heterocycles. The second-order valence-electron chi connectivity index (χ2n) is 4.54. The van der Waals surface area contributed by atoms with Gasteiger partial charge in [0.25, 0.3) is 0 Å². The second kappa shape index (κ2) is 4.49. The van der Waals surface area contributed by atoms with Crippen molar-refractivity contribution in [3.05, 3.63) is 0 Å². The fraction of sp³-hybridized carbons (Fsp3) is 0.909. The molecule has 2 aliphatic rings. The quantitative estimate of drug-likeness (QED) is 0.746. The molecule has 0 aromatic carbocycles. The predicted molar refractivity (Wildman–Crippen MR) is 55.8 cm³/mol. The first-order valence-electron chi connectivity index (χ1n) is 5.82. The zero-order valence-electron chi connectivity index (χ0n) is 9.07. The first-order chi connectivity index (χ1) is 7.26. The number of rotatable bonds is 2. The van der Waals surface area contributed by atoms with Crippen molar-refractivity contribution in [3.63, 3.8) is 0 Å². The van der Waals surface area contributed by atoms with E-state index in [0.29, 0.717) is 19.6 Å². The molecule has 0 aromatic rings. The van der Waals surface area contributed by atoms with Crippen LogP contribution in [0.5, 0.6) is 0 Å². The van der Waals surface area contributed by atoms with E-state index in [2.05, 4.69) is 4.90 Å². The number of hydrogen-bond donors (Lipinski definition) is 1. The van der Waals surface area contributed by atoms with Crippen LogP contribution in [0.3, 0.4) is 0 Å². The van der Waals surface area contributed by atoms with Crippen molar-refractivity contribution in [2.24, 2.45) is 0 Å². The Bertz CT molecular complexity index is 228. The van der Waals surface area contributed by atoms with E-state index in [-0.39, 0.29) is 0 Å². The van der Waals surface area contributed by atoms with Crippen molar-refractivity contribution in [1.29, 1.82) is 0 Å². The van der Waals surface area contributed by atoms with Crippen molar-refractivity contribution in [2.75, 3.05) is 26.3 Å². The summed E-state index contributed by atoms with van der Waals surface area (Å²) < 4.78 is 5.29. The summed E-state index contributed by atoms with van der Waals surface area (Å²) in [5.41, 5.74) is -0.718. The van der Waals surface area contributed by atoms with Crippen LogP contribution in [0.4, 0.5) is 0 Å². The lowest BCUT2D eigenvalue weighted by molar-refractivity contribution is -0.151. The van der Waals surface area contributed by atoms with Crippen molar-refractivity contribution in [1.82, 2.24) is 4.90 Å². The molecule has 0 amide bonds. The van der Waals surface area contributed by atoms with Crippen LogP contribution in [-0.4, -0.2) is 47.8 Å². The molecule has 0 aromatic heterocycles. The minimum Gasteiger partial charge on any atom is -0.480 e. The van der Waals surface area contributed by atoms with E-state index in [1.54, 1.807) is 0 Å². The van der Waals surface area contributed by atoms with E-state index in [9.17, 15) is 9.90 Å². The van der Waals surface area contributed by atoms with Crippen LogP contribution < -0.4 is 0 Å². The van der Waals surface area contributed by atoms with Gasteiger partial charge in [0, 0.05) is 13.0 Å². The smallest absolute Gasteiger partial charge is 0.326 e. The highest BCUT2D eigenvalue weighted by atomic mass is 16.5. The molecule has 0 saturated carbocycles. The molecule has 1 N–H and O–H groups in total. The number of carboxylic acid groups (broad SMARTS) is 1. The maximum Gasteiger partial charge on any atom is 0.326 e. The molecule has 1 atom stereocenters. The Labute approximate surface area is 90.2 Å². The minimum atomic E-state index is -0.718. The summed E-state index contributed by atoms with van der Waals surface area (Å²) in [5.74, 6) is -0.707. The summed E-state index contributed by atoms with van der Waals surface area (Å²) in [6.07, 6.45) is 5.34. The van der Waals surface area contributed by atoms with Gasteiger partial charge in [0.15, 0.2) is 0 Å². The molecule has 1 unspecified atom stereocenters. The zero-order chi connectivity index (χ0) is 10.7. The Hall–Kier alpha value is -0.610. The van der Waals surface area contributed by atoms with Crippen LogP contribution in [0.15, 0.2) is 0 Å². The lowest BCUT2D eigenvalue weighted by Crippen LogP contribution is -2.55. The Morgan fingerprint density at radius 3 is 2.33 bits per heavy atom. The molecular weight excluding hydrogens is 194 g/mol. The van der Waals surface area contributed by atoms with Crippen LogP contribution >= 0.6 is 0 Å². The van der Waals surface area contributed by atoms with E-state index in [4.69, 9.17) is 4.74 Å². The number of nitrogens with zero attached hydrogens (tertiary/aromatic N) is 1. The predicted octanol–water partition coefficient (Wildman–Crippen LogP) is 1.11. The number of aliphatic carboxylic acids is 1. The van der Waals surface area contributed by atoms with Gasteiger partial charge in [0.1, 0.15) is 5.54 Å². The number of carbonyl (C=O) groups is 1. The van der Waals surface area contributed by atoms with Crippen LogP contribution in [0.2, 0.25) is 0 Å². The normalized spacial score (nSPS) is 33.9. The molecule has 15 heavy (non-hydrogen) atoms. The SMILES string of the molecule is O=C(O)C1(N2CCCCCC2)CCOC1. The Morgan fingerprint density at radius 2 is 1.87 bits per heavy atom. The van der Waals surface area contributed by atoms with Crippen molar-refractivity contribution < 1.29 is 14.6 Å². The van der Waals surface area contributed by atoms with E-state index in [1.807, 2.05) is 0 Å². The molecule has 0 aliphatic carbocycles. The van der Waals surface area contributed by atoms with Gasteiger partial charge in [-0.3, -0.25) is 9.69 Å². The molecule has 2 aliphatic heterocycles. The number of carboxylic acids is 1. The number of likely N-dealkylation sites (tertiary alicyclic amines) is 1. The Kier molecular flexibility index (Phi) is 3.26. The molecule has 0 radical (unpaired) electrons. The van der Waals surface area contributed by atoms with Crippen LogP contribution in [0.1, 0.15) is 32.1 Å². The van der Waals surface area contributed by atoms with Gasteiger partial charge in [0.05, 0.1) is 6.61 Å². The number of ether oxygens (including phenoxy) is 1. The molecule has 2 fully saturated rings. The van der Waals surface area contributed by atoms with Crippen LogP contribution in [-0.2, 0) is 9.53 Å². The number of hydrogen-bond acceptors (Lipinski definition) is 3. The average molecular weight is 213 g/mol. The molecule has 0 spiro atoms. The summed E-state index contributed by atoms with van der Waals surface area (Å²) in [6.45, 7) is 2.77. The molecular formula is C11H19NO3. The molecule has 0 bridgehead atoms. The fourth-order valence-electron chi connectivity index (χ4n) is 2.61. The first-order valence-corrected chi connectivity index (χ1v) is 5.82. The highest BCUT2D eigenvalue weighted by molar-refractivity contribution is 5.79. The molecule has 86 valence electrons. The van der Waals surface area contributed by atoms with Crippen LogP contribution in [0, 0.1) is 0 Å². The maximum atomic E-state index is 11.4. The Balaban J connectivity index is 2.12. The highest BCUT2D eigenvalue weighted by Gasteiger charge is 2.47. The summed E-state index contributed by atoms with van der Waals surface area (Å²) in [6, 6.07) is 0. The minimum absolute atomic E-state index is 0.363. The molecule has 4 nitrogen and oxygen atoms in total. The van der Waals surface area contributed by atoms with Gasteiger partial charge in [-0.2, -0.15) is 0 Å². The maximum absolute atomic E-state index is 11.4. The van der Waals surface area contributed by atoms with Gasteiger partial charge in [-0.05, 0) is 25.9 Å². The van der Waals surface area contributed by atoms with Gasteiger partial charge in [-0.1, -0.05) is 12.8 Å². The summed E-state index contributed by atoms with van der Waals surface area (Å²) in [5, 5.41) is 9.39. The van der Waals surface area contributed by atoms with Gasteiger partial charge in [-0.25, -0.2) is 0 Å². The largest absolute Gasteiger partial charge is 0.480 e. The summed E-state index contributed by atoms with van der Waals surface area (Å²) in [4.78, 5) is 13.5. The van der Waals surface area contributed by atoms with Gasteiger partial charge in [0.2, 0.25) is 0 Å². The van der Waals surface area contributed by atoms with Crippen molar-refractivity contribution in [2.45, 2.75) is 37.6 Å². The van der Waals surface area contributed by atoms with Crippen molar-refractivity contribution in [3.8, 4) is 0 Å². The molecule has 4 heteroatoms. The lowest BCUT2D eigenvalue weighted by Gasteiger charge is -2.35. The fourth-order valence-corrected chi connectivity index (χ4v) is 2.61. The van der Waals surface area contributed by atoms with E-state index in [1.165, 1.54) is 12.8 Å². The van der Waals surface area contributed by atoms with E-state index in [0.717, 1.165) is 25.9 Å². The summed E-state index contributed by atoms with van der Waals surface area (Å²) in [7, 11) is 0. The Morgan fingerprint density at radius 1 is 1.20 bits per heavy atom. The standard InChI is InChI=1S/C11H19NO3/c13-10(14)11(5-8-15-9-11)12-6-3-1-2-4-7-12/h1-9H2,(H,13,14). The van der Waals surface area contributed by atoms with Gasteiger partial charge in [-0.15, -0.1) is 0 Å². The highest BCUT2D eigenvalue weighted by Crippen LogP contribution is 2.29. The van der Waals surface area contributed by atoms with E-state index >= 15 is 0 Å². The third-order valence-corrected chi connectivity index (χ3v) is 3.61. The lowest BCUT2D eigenvalue weighted by atomic mass is 9.96. The zero-order valence-corrected chi connectivity index (χ0v) is 9.07. The first kappa shape index (κ1) is 10.9. The topological polar surface area (TPSA) is 49.8 Å². The van der Waals surface area contributed by atoms with E-state index < -0.39 is 11.5 Å². The van der Waals surface area contributed by atoms with Crippen LogP contribution in [0.25, 0.3) is 0 Å². The third kappa shape index (κ3) is 2.01. The van der Waals surface area contributed by atoms with Gasteiger partial charge < -0.3 is 9.84 Å². The summed E-state index contributed by atoms with van der Waals surface area (Å²) >= 11 is 0. The third-order valence-electron chi connectivity index (χ3n) is 3.61. The molecule has 2 rings (SSSR count). The molecule has 2 heterocycles. The van der Waals surface area contributed by atoms with Gasteiger partial charge >= 0.3 is 5.97 Å². The van der Waals surface area contributed by atoms with Crippen molar-refractivity contribution >= 4 is 5.97 Å². The monoisotopic (exact) mass is 213 g/mol. The second-order valence-corrected chi connectivity index (χ2v) is 4.54.